The van der Waals surface area contributed by atoms with Gasteiger partial charge in [-0.1, -0.05) is 35.3 Å². The van der Waals surface area contributed by atoms with E-state index in [0.29, 0.717) is 40.4 Å². The average Bonchev–Trinajstić information content (AvgIpc) is 3.37. The number of carbonyl (C=O) groups excluding carboxylic acids is 1. The molecule has 0 aliphatic carbocycles. The molecule has 7 heteroatoms. The van der Waals surface area contributed by atoms with Crippen LogP contribution in [0.4, 0.5) is 0 Å². The fourth-order valence-corrected chi connectivity index (χ4v) is 5.09. The minimum atomic E-state index is -0.0839. The molecular formula is C24H19Cl2NO3S. The van der Waals surface area contributed by atoms with Crippen molar-refractivity contribution >= 4 is 46.4 Å². The molecular weight excluding hydrogens is 453 g/mol. The number of allylic oxidation sites excluding steroid dienone is 1. The summed E-state index contributed by atoms with van der Waals surface area (Å²) >= 11 is 13.9. The maximum Gasteiger partial charge on any atom is 0.232 e. The van der Waals surface area contributed by atoms with Gasteiger partial charge in [0.2, 0.25) is 5.78 Å². The monoisotopic (exact) mass is 471 g/mol. The molecule has 0 spiro atoms. The van der Waals surface area contributed by atoms with E-state index in [1.807, 2.05) is 42.6 Å². The van der Waals surface area contributed by atoms with Gasteiger partial charge >= 0.3 is 0 Å². The van der Waals surface area contributed by atoms with E-state index in [-0.39, 0.29) is 5.78 Å². The minimum Gasteiger partial charge on any atom is -0.477 e. The topological polar surface area (TPSA) is 38.8 Å². The van der Waals surface area contributed by atoms with E-state index >= 15 is 0 Å². The maximum atomic E-state index is 12.9. The number of hydrogen-bond acceptors (Lipinski definition) is 5. The number of ketones is 1. The van der Waals surface area contributed by atoms with E-state index in [4.69, 9.17) is 32.7 Å². The number of ether oxygens (including phenoxy) is 2. The van der Waals surface area contributed by atoms with Crippen LogP contribution in [0.2, 0.25) is 10.0 Å². The van der Waals surface area contributed by atoms with Gasteiger partial charge in [-0.25, -0.2) is 0 Å². The first kappa shape index (κ1) is 20.6. The summed E-state index contributed by atoms with van der Waals surface area (Å²) < 4.78 is 12.0. The number of rotatable bonds is 4. The van der Waals surface area contributed by atoms with Gasteiger partial charge in [0.05, 0.1) is 5.56 Å². The Kier molecular flexibility index (Phi) is 5.52. The number of thiophene rings is 1. The van der Waals surface area contributed by atoms with E-state index in [1.54, 1.807) is 23.5 Å². The lowest BCUT2D eigenvalue weighted by atomic mass is 10.00. The largest absolute Gasteiger partial charge is 0.477 e. The standard InChI is InChI=1S/C24H19Cl2NO3S/c1-14-23-16(9-19-22(28)21(30-24(14)19)11-18-3-2-8-31-18)12-27(13-29-23)7-6-15-4-5-17(25)10-20(15)26/h2-5,8-11H,6-7,12-13H2,1H3/b21-11-. The summed E-state index contributed by atoms with van der Waals surface area (Å²) in [6, 6.07) is 11.4. The van der Waals surface area contributed by atoms with Crippen LogP contribution in [0.5, 0.6) is 11.5 Å². The van der Waals surface area contributed by atoms with Crippen LogP contribution >= 0.6 is 34.5 Å². The highest BCUT2D eigenvalue weighted by Gasteiger charge is 2.33. The summed E-state index contributed by atoms with van der Waals surface area (Å²) in [6.07, 6.45) is 2.59. The van der Waals surface area contributed by atoms with Crippen LogP contribution in [-0.4, -0.2) is 24.0 Å². The number of Topliss-reactive ketones (excluding diaryl/α,β-unsaturated/α-hetero) is 1. The van der Waals surface area contributed by atoms with Gasteiger partial charge in [-0.15, -0.1) is 11.3 Å². The Bertz CT molecular complexity index is 1200. The number of halogens is 2. The summed E-state index contributed by atoms with van der Waals surface area (Å²) in [5.41, 5.74) is 3.52. The molecule has 0 N–H and O–H groups in total. The van der Waals surface area contributed by atoms with Crippen LogP contribution in [0, 0.1) is 6.92 Å². The van der Waals surface area contributed by atoms with Crippen molar-refractivity contribution in [3.05, 3.63) is 84.7 Å². The van der Waals surface area contributed by atoms with Gasteiger partial charge in [-0.2, -0.15) is 0 Å². The molecule has 0 unspecified atom stereocenters. The SMILES string of the molecule is Cc1c2c(cc3c1O/C(=C\c1cccs1)C3=O)CN(CCc1ccc(Cl)cc1Cl)CO2. The zero-order valence-corrected chi connectivity index (χ0v) is 19.1. The molecule has 0 radical (unpaired) electrons. The lowest BCUT2D eigenvalue weighted by Gasteiger charge is -2.30. The van der Waals surface area contributed by atoms with Crippen molar-refractivity contribution < 1.29 is 14.3 Å². The van der Waals surface area contributed by atoms with Crippen molar-refractivity contribution in [1.82, 2.24) is 4.90 Å². The zero-order chi connectivity index (χ0) is 21.5. The molecule has 3 aromatic rings. The summed E-state index contributed by atoms with van der Waals surface area (Å²) in [6.45, 7) is 3.91. The van der Waals surface area contributed by atoms with E-state index in [1.165, 1.54) is 0 Å². The third-order valence-electron chi connectivity index (χ3n) is 5.53. The van der Waals surface area contributed by atoms with E-state index in [2.05, 4.69) is 4.90 Å². The fraction of sp³-hybridized carbons (Fsp3) is 0.208. The Morgan fingerprint density at radius 2 is 2.06 bits per heavy atom. The summed E-state index contributed by atoms with van der Waals surface area (Å²) in [7, 11) is 0. The Morgan fingerprint density at radius 1 is 1.19 bits per heavy atom. The summed E-state index contributed by atoms with van der Waals surface area (Å²) in [4.78, 5) is 16.1. The molecule has 0 saturated carbocycles. The van der Waals surface area contributed by atoms with Crippen molar-refractivity contribution in [3.63, 3.8) is 0 Å². The summed E-state index contributed by atoms with van der Waals surface area (Å²) in [5, 5.41) is 3.28. The van der Waals surface area contributed by atoms with E-state index in [0.717, 1.165) is 40.3 Å². The predicted octanol–water partition coefficient (Wildman–Crippen LogP) is 6.37. The zero-order valence-electron chi connectivity index (χ0n) is 16.8. The first-order chi connectivity index (χ1) is 15.0. The molecule has 5 rings (SSSR count). The molecule has 3 heterocycles. The lowest BCUT2D eigenvalue weighted by Crippen LogP contribution is -2.34. The first-order valence-electron chi connectivity index (χ1n) is 9.93. The predicted molar refractivity (Wildman–Crippen MR) is 125 cm³/mol. The second-order valence-corrected chi connectivity index (χ2v) is 9.46. The number of nitrogens with zero attached hydrogens (tertiary/aromatic N) is 1. The van der Waals surface area contributed by atoms with Gasteiger partial charge in [0.25, 0.3) is 0 Å². The highest BCUT2D eigenvalue weighted by Crippen LogP contribution is 2.43. The normalized spacial score (nSPS) is 16.7. The molecule has 0 atom stereocenters. The third kappa shape index (κ3) is 3.99. The quantitative estimate of drug-likeness (QED) is 0.414. The molecule has 0 fully saturated rings. The molecule has 2 aliphatic heterocycles. The number of benzene rings is 2. The first-order valence-corrected chi connectivity index (χ1v) is 11.6. The average molecular weight is 472 g/mol. The van der Waals surface area contributed by atoms with E-state index in [9.17, 15) is 4.79 Å². The van der Waals surface area contributed by atoms with Crippen LogP contribution in [0.1, 0.15) is 31.9 Å². The van der Waals surface area contributed by atoms with E-state index < -0.39 is 0 Å². The highest BCUT2D eigenvalue weighted by molar-refractivity contribution is 7.10. The molecule has 0 bridgehead atoms. The van der Waals surface area contributed by atoms with Crippen LogP contribution in [-0.2, 0) is 13.0 Å². The molecule has 2 aliphatic rings. The minimum absolute atomic E-state index is 0.0839. The van der Waals surface area contributed by atoms with Gasteiger partial charge in [0.1, 0.15) is 18.2 Å². The number of fused-ring (bicyclic) bond motifs is 2. The van der Waals surface area contributed by atoms with Gasteiger partial charge in [0, 0.05) is 45.2 Å². The number of carbonyl (C=O) groups is 1. The Labute approximate surface area is 194 Å². The lowest BCUT2D eigenvalue weighted by molar-refractivity contribution is 0.0954. The van der Waals surface area contributed by atoms with Gasteiger partial charge in [-0.3, -0.25) is 9.69 Å². The smallest absolute Gasteiger partial charge is 0.232 e. The van der Waals surface area contributed by atoms with Crippen LogP contribution in [0.3, 0.4) is 0 Å². The second kappa shape index (κ2) is 8.32. The van der Waals surface area contributed by atoms with Crippen molar-refractivity contribution in [2.45, 2.75) is 19.9 Å². The van der Waals surface area contributed by atoms with Crippen molar-refractivity contribution in [2.75, 3.05) is 13.3 Å². The highest BCUT2D eigenvalue weighted by atomic mass is 35.5. The van der Waals surface area contributed by atoms with Crippen molar-refractivity contribution in [2.24, 2.45) is 0 Å². The Morgan fingerprint density at radius 3 is 2.84 bits per heavy atom. The van der Waals surface area contributed by atoms with Crippen LogP contribution in [0.15, 0.2) is 47.5 Å². The molecule has 1 aromatic heterocycles. The van der Waals surface area contributed by atoms with Crippen LogP contribution in [0.25, 0.3) is 6.08 Å². The van der Waals surface area contributed by atoms with Crippen molar-refractivity contribution in [3.8, 4) is 11.5 Å². The Hall–Kier alpha value is -2.31. The summed E-state index contributed by atoms with van der Waals surface area (Å²) in [5.74, 6) is 1.69. The molecule has 158 valence electrons. The maximum absolute atomic E-state index is 12.9. The molecule has 4 nitrogen and oxygen atoms in total. The molecule has 2 aromatic carbocycles. The molecule has 0 amide bonds. The Balaban J connectivity index is 1.35. The van der Waals surface area contributed by atoms with Gasteiger partial charge in [0.15, 0.2) is 5.76 Å². The third-order valence-corrected chi connectivity index (χ3v) is 6.94. The van der Waals surface area contributed by atoms with Gasteiger partial charge in [-0.05, 0) is 48.6 Å². The number of hydrogen-bond donors (Lipinski definition) is 0. The van der Waals surface area contributed by atoms with Gasteiger partial charge < -0.3 is 9.47 Å². The molecule has 31 heavy (non-hydrogen) atoms. The van der Waals surface area contributed by atoms with Crippen molar-refractivity contribution in [1.29, 1.82) is 0 Å². The fourth-order valence-electron chi connectivity index (χ4n) is 3.95. The molecule has 0 saturated heterocycles. The second-order valence-electron chi connectivity index (χ2n) is 7.63. The van der Waals surface area contributed by atoms with Crippen LogP contribution < -0.4 is 9.47 Å².